The number of aromatic nitrogens is 2. The summed E-state index contributed by atoms with van der Waals surface area (Å²) in [6, 6.07) is 5.29. The van der Waals surface area contributed by atoms with Gasteiger partial charge >= 0.3 is 0 Å². The number of rotatable bonds is 2. The molecule has 7 heteroatoms. The Hall–Kier alpha value is -2.67. The average Bonchev–Trinajstić information content (AvgIpc) is 2.68. The number of hydrogen-bond acceptors (Lipinski definition) is 6. The summed E-state index contributed by atoms with van der Waals surface area (Å²) < 4.78 is 16.8. The monoisotopic (exact) mass is 327 g/mol. The van der Waals surface area contributed by atoms with E-state index in [0.717, 1.165) is 5.69 Å². The van der Waals surface area contributed by atoms with Crippen LogP contribution in [0.1, 0.15) is 22.2 Å². The molecule has 4 rings (SSSR count). The first-order chi connectivity index (χ1) is 11.8. The molecule has 1 fully saturated rings. The third kappa shape index (κ3) is 2.90. The fourth-order valence-corrected chi connectivity index (χ4v) is 2.85. The lowest BCUT2D eigenvalue weighted by Gasteiger charge is -2.32. The smallest absolute Gasteiger partial charge is 0.254 e. The largest absolute Gasteiger partial charge is 0.486 e. The summed E-state index contributed by atoms with van der Waals surface area (Å²) in [4.78, 5) is 22.9. The molecule has 0 spiro atoms. The minimum absolute atomic E-state index is 0.0517. The molecule has 1 aromatic heterocycles. The fraction of sp³-hybridized carbons (Fsp3) is 0.353. The van der Waals surface area contributed by atoms with E-state index in [0.29, 0.717) is 50.0 Å². The van der Waals surface area contributed by atoms with Crippen LogP contribution in [0.25, 0.3) is 0 Å². The Morgan fingerprint density at radius 2 is 2.00 bits per heavy atom. The molecule has 0 unspecified atom stereocenters. The minimum Gasteiger partial charge on any atom is -0.486 e. The number of benzene rings is 1. The van der Waals surface area contributed by atoms with Crippen LogP contribution < -0.4 is 9.47 Å². The SMILES string of the molecule is O=C(c1ccc2c(c1)OCCO2)N1CCO[C@H](c2cnccn2)C1. The van der Waals surface area contributed by atoms with Gasteiger partial charge in [-0.25, -0.2) is 0 Å². The summed E-state index contributed by atoms with van der Waals surface area (Å²) in [5.41, 5.74) is 1.32. The van der Waals surface area contributed by atoms with Gasteiger partial charge < -0.3 is 19.1 Å². The molecule has 1 aromatic carbocycles. The number of morpholine rings is 1. The van der Waals surface area contributed by atoms with Gasteiger partial charge in [0.05, 0.1) is 25.0 Å². The van der Waals surface area contributed by atoms with E-state index >= 15 is 0 Å². The van der Waals surface area contributed by atoms with Gasteiger partial charge in [-0.1, -0.05) is 0 Å². The summed E-state index contributed by atoms with van der Waals surface area (Å²) in [5, 5.41) is 0. The number of amides is 1. The predicted octanol–water partition coefficient (Wildman–Crippen LogP) is 1.46. The molecule has 7 nitrogen and oxygen atoms in total. The van der Waals surface area contributed by atoms with Crippen molar-refractivity contribution in [3.8, 4) is 11.5 Å². The maximum Gasteiger partial charge on any atom is 0.254 e. The number of ether oxygens (including phenoxy) is 3. The highest BCUT2D eigenvalue weighted by Gasteiger charge is 2.27. The molecular weight excluding hydrogens is 310 g/mol. The van der Waals surface area contributed by atoms with Crippen molar-refractivity contribution in [1.29, 1.82) is 0 Å². The lowest BCUT2D eigenvalue weighted by molar-refractivity contribution is -0.0249. The van der Waals surface area contributed by atoms with Crippen molar-refractivity contribution in [2.45, 2.75) is 6.10 Å². The quantitative estimate of drug-likeness (QED) is 0.831. The maximum atomic E-state index is 12.8. The second-order valence-electron chi connectivity index (χ2n) is 5.60. The second-order valence-corrected chi connectivity index (χ2v) is 5.60. The Balaban J connectivity index is 1.51. The van der Waals surface area contributed by atoms with Crippen LogP contribution in [0.2, 0.25) is 0 Å². The summed E-state index contributed by atoms with van der Waals surface area (Å²) in [6.07, 6.45) is 4.65. The topological polar surface area (TPSA) is 73.8 Å². The zero-order valence-electron chi connectivity index (χ0n) is 13.1. The van der Waals surface area contributed by atoms with Crippen LogP contribution in [0, 0.1) is 0 Å². The third-order valence-electron chi connectivity index (χ3n) is 4.06. The van der Waals surface area contributed by atoms with E-state index in [-0.39, 0.29) is 12.0 Å². The third-order valence-corrected chi connectivity index (χ3v) is 4.06. The number of carbonyl (C=O) groups excluding carboxylic acids is 1. The zero-order valence-corrected chi connectivity index (χ0v) is 13.1. The number of hydrogen-bond donors (Lipinski definition) is 0. The standard InChI is InChI=1S/C17H17N3O4/c21-17(12-1-2-14-15(9-12)24-8-7-23-14)20-5-6-22-16(11-20)13-10-18-3-4-19-13/h1-4,9-10,16H,5-8,11H2/t16-/m0/s1. The molecule has 124 valence electrons. The van der Waals surface area contributed by atoms with Gasteiger partial charge in [0.2, 0.25) is 0 Å². The highest BCUT2D eigenvalue weighted by atomic mass is 16.6. The molecule has 0 radical (unpaired) electrons. The minimum atomic E-state index is -0.256. The van der Waals surface area contributed by atoms with Gasteiger partial charge in [-0.05, 0) is 18.2 Å². The van der Waals surface area contributed by atoms with Crippen LogP contribution >= 0.6 is 0 Å². The first-order valence-corrected chi connectivity index (χ1v) is 7.88. The van der Waals surface area contributed by atoms with Crippen LogP contribution in [-0.4, -0.2) is 53.7 Å². The van der Waals surface area contributed by atoms with Crippen molar-refractivity contribution in [2.75, 3.05) is 32.9 Å². The number of fused-ring (bicyclic) bond motifs is 1. The van der Waals surface area contributed by atoms with Gasteiger partial charge in [0.25, 0.3) is 5.91 Å². The normalized spacial score (nSPS) is 19.8. The lowest BCUT2D eigenvalue weighted by atomic mass is 10.1. The van der Waals surface area contributed by atoms with Crippen molar-refractivity contribution >= 4 is 5.91 Å². The van der Waals surface area contributed by atoms with E-state index in [9.17, 15) is 4.79 Å². The average molecular weight is 327 g/mol. The fourth-order valence-electron chi connectivity index (χ4n) is 2.85. The molecule has 0 bridgehead atoms. The Morgan fingerprint density at radius 1 is 1.12 bits per heavy atom. The van der Waals surface area contributed by atoms with Crippen LogP contribution in [0.4, 0.5) is 0 Å². The van der Waals surface area contributed by atoms with Gasteiger partial charge in [-0.2, -0.15) is 0 Å². The molecule has 2 aliphatic heterocycles. The van der Waals surface area contributed by atoms with Crippen LogP contribution in [0.15, 0.2) is 36.8 Å². The molecule has 2 aromatic rings. The molecule has 1 atom stereocenters. The Morgan fingerprint density at radius 3 is 2.83 bits per heavy atom. The number of carbonyl (C=O) groups is 1. The molecule has 0 aliphatic carbocycles. The molecule has 2 aliphatic rings. The zero-order chi connectivity index (χ0) is 16.4. The van der Waals surface area contributed by atoms with Crippen molar-refractivity contribution in [2.24, 2.45) is 0 Å². The highest BCUT2D eigenvalue weighted by molar-refractivity contribution is 5.95. The van der Waals surface area contributed by atoms with Crippen LogP contribution in [0.3, 0.4) is 0 Å². The van der Waals surface area contributed by atoms with E-state index in [1.807, 2.05) is 0 Å². The second kappa shape index (κ2) is 6.45. The first-order valence-electron chi connectivity index (χ1n) is 7.88. The number of nitrogens with zero attached hydrogens (tertiary/aromatic N) is 3. The Bertz CT molecular complexity index is 738. The summed E-state index contributed by atoms with van der Waals surface area (Å²) in [6.45, 7) is 2.49. The molecule has 3 heterocycles. The van der Waals surface area contributed by atoms with Crippen molar-refractivity contribution in [1.82, 2.24) is 14.9 Å². The van der Waals surface area contributed by atoms with Crippen LogP contribution in [0.5, 0.6) is 11.5 Å². The first kappa shape index (κ1) is 14.9. The Kier molecular flexibility index (Phi) is 4.00. The van der Waals surface area contributed by atoms with Crippen molar-refractivity contribution in [3.05, 3.63) is 48.0 Å². The van der Waals surface area contributed by atoms with E-state index in [2.05, 4.69) is 9.97 Å². The van der Waals surface area contributed by atoms with Crippen molar-refractivity contribution in [3.63, 3.8) is 0 Å². The van der Waals surface area contributed by atoms with E-state index in [1.165, 1.54) is 0 Å². The Labute approximate surface area is 139 Å². The van der Waals surface area contributed by atoms with Gasteiger partial charge in [-0.3, -0.25) is 14.8 Å². The summed E-state index contributed by atoms with van der Waals surface area (Å²) in [7, 11) is 0. The van der Waals surface area contributed by atoms with Crippen molar-refractivity contribution < 1.29 is 19.0 Å². The van der Waals surface area contributed by atoms with Gasteiger partial charge in [0.15, 0.2) is 11.5 Å². The van der Waals surface area contributed by atoms with Gasteiger partial charge in [0, 0.05) is 24.5 Å². The summed E-state index contributed by atoms with van der Waals surface area (Å²) in [5.74, 6) is 1.24. The summed E-state index contributed by atoms with van der Waals surface area (Å²) >= 11 is 0. The van der Waals surface area contributed by atoms with Crippen LogP contribution in [-0.2, 0) is 4.74 Å². The molecule has 0 N–H and O–H groups in total. The molecule has 1 amide bonds. The molecular formula is C17H17N3O4. The molecule has 1 saturated heterocycles. The van der Waals surface area contributed by atoms with E-state index in [4.69, 9.17) is 14.2 Å². The molecule has 0 saturated carbocycles. The van der Waals surface area contributed by atoms with Gasteiger partial charge in [-0.15, -0.1) is 0 Å². The predicted molar refractivity (Wildman–Crippen MR) is 84.1 cm³/mol. The highest BCUT2D eigenvalue weighted by Crippen LogP contribution is 2.31. The molecule has 24 heavy (non-hydrogen) atoms. The lowest BCUT2D eigenvalue weighted by Crippen LogP contribution is -2.42. The van der Waals surface area contributed by atoms with E-state index in [1.54, 1.807) is 41.7 Å². The maximum absolute atomic E-state index is 12.8. The van der Waals surface area contributed by atoms with E-state index < -0.39 is 0 Å². The van der Waals surface area contributed by atoms with Gasteiger partial charge in [0.1, 0.15) is 19.3 Å².